The Balaban J connectivity index is 1.83. The van der Waals surface area contributed by atoms with Crippen molar-refractivity contribution in [3.05, 3.63) is 95.1 Å². The molecule has 0 aromatic heterocycles. The van der Waals surface area contributed by atoms with Gasteiger partial charge in [0, 0.05) is 5.92 Å². The third kappa shape index (κ3) is 7.24. The molecule has 0 radical (unpaired) electrons. The largest absolute Gasteiger partial charge is 0.296 e. The molecule has 0 aliphatic carbocycles. The van der Waals surface area contributed by atoms with E-state index >= 15 is 0 Å². The van der Waals surface area contributed by atoms with Crippen molar-refractivity contribution in [1.82, 2.24) is 0 Å². The molecule has 3 aromatic rings. The van der Waals surface area contributed by atoms with Crippen molar-refractivity contribution in [3.63, 3.8) is 0 Å². The SMILES string of the molecule is Cc1ccc(S(=O)(=O)OCC(COS(=O)(=O)c2ccc(C)cc2)c2ccc(C(C)(C)C)cc2)cc1. The predicted octanol–water partition coefficient (Wildman–Crippen LogP) is 5.50. The Bertz CT molecular complexity index is 1260. The summed E-state index contributed by atoms with van der Waals surface area (Å²) in [5, 5.41) is 0. The Hall–Kier alpha value is -2.52. The Morgan fingerprint density at radius 2 is 1.00 bits per heavy atom. The minimum absolute atomic E-state index is 0.0399. The molecular weight excluding hydrogens is 484 g/mol. The van der Waals surface area contributed by atoms with Crippen molar-refractivity contribution >= 4 is 20.2 Å². The fourth-order valence-corrected chi connectivity index (χ4v) is 5.28. The Labute approximate surface area is 209 Å². The summed E-state index contributed by atoms with van der Waals surface area (Å²) < 4.78 is 61.7. The topological polar surface area (TPSA) is 86.7 Å². The van der Waals surface area contributed by atoms with Crippen LogP contribution >= 0.6 is 0 Å². The van der Waals surface area contributed by atoms with Crippen LogP contribution in [-0.4, -0.2) is 30.0 Å². The number of benzene rings is 3. The lowest BCUT2D eigenvalue weighted by Gasteiger charge is -2.21. The van der Waals surface area contributed by atoms with Gasteiger partial charge in [0.2, 0.25) is 0 Å². The van der Waals surface area contributed by atoms with E-state index < -0.39 is 26.2 Å². The molecule has 0 atom stereocenters. The van der Waals surface area contributed by atoms with Gasteiger partial charge in [-0.25, -0.2) is 0 Å². The van der Waals surface area contributed by atoms with Crippen LogP contribution in [0.4, 0.5) is 0 Å². The lowest BCUT2D eigenvalue weighted by Crippen LogP contribution is -2.20. The van der Waals surface area contributed by atoms with Crippen LogP contribution in [0.2, 0.25) is 0 Å². The van der Waals surface area contributed by atoms with Crippen LogP contribution in [0.5, 0.6) is 0 Å². The maximum Gasteiger partial charge on any atom is 0.296 e. The minimum atomic E-state index is -4.03. The monoisotopic (exact) mass is 516 g/mol. The van der Waals surface area contributed by atoms with E-state index in [0.29, 0.717) is 0 Å². The molecule has 6 nitrogen and oxygen atoms in total. The summed E-state index contributed by atoms with van der Waals surface area (Å²) in [6, 6.07) is 20.3. The highest BCUT2D eigenvalue weighted by Gasteiger charge is 2.24. The standard InChI is InChI=1S/C27H32O6S2/c1-20-6-14-25(15-7-20)34(28,29)32-18-23(22-10-12-24(13-11-22)27(3,4)5)19-33-35(30,31)26-16-8-21(2)9-17-26/h6-17,23H,18-19H2,1-5H3. The van der Waals surface area contributed by atoms with E-state index in [0.717, 1.165) is 22.3 Å². The van der Waals surface area contributed by atoms with Crippen molar-refractivity contribution < 1.29 is 25.2 Å². The molecular formula is C27H32O6S2. The predicted molar refractivity (Wildman–Crippen MR) is 137 cm³/mol. The summed E-state index contributed by atoms with van der Waals surface area (Å²) in [4.78, 5) is 0.0799. The highest BCUT2D eigenvalue weighted by molar-refractivity contribution is 7.87. The molecule has 0 spiro atoms. The second-order valence-electron chi connectivity index (χ2n) is 9.67. The van der Waals surface area contributed by atoms with Crippen LogP contribution in [0.25, 0.3) is 0 Å². The quantitative estimate of drug-likeness (QED) is 0.349. The molecule has 0 amide bonds. The number of hydrogen-bond donors (Lipinski definition) is 0. The maximum atomic E-state index is 12.7. The van der Waals surface area contributed by atoms with E-state index in [4.69, 9.17) is 8.37 Å². The van der Waals surface area contributed by atoms with Gasteiger partial charge < -0.3 is 0 Å². The van der Waals surface area contributed by atoms with Crippen molar-refractivity contribution in [3.8, 4) is 0 Å². The first-order valence-electron chi connectivity index (χ1n) is 11.3. The average Bonchev–Trinajstić information content (AvgIpc) is 2.79. The molecule has 3 rings (SSSR count). The molecule has 0 aliphatic heterocycles. The molecule has 0 bridgehead atoms. The Kier molecular flexibility index (Phi) is 8.21. The van der Waals surface area contributed by atoms with E-state index in [9.17, 15) is 16.8 Å². The molecule has 0 saturated carbocycles. The third-order valence-corrected chi connectivity index (χ3v) is 8.31. The van der Waals surface area contributed by atoms with Gasteiger partial charge in [-0.3, -0.25) is 8.37 Å². The number of aryl methyl sites for hydroxylation is 2. The van der Waals surface area contributed by atoms with Gasteiger partial charge in [0.1, 0.15) is 0 Å². The highest BCUT2D eigenvalue weighted by Crippen LogP contribution is 2.27. The smallest absolute Gasteiger partial charge is 0.266 e. The number of hydrogen-bond acceptors (Lipinski definition) is 6. The third-order valence-electron chi connectivity index (χ3n) is 5.72. The molecule has 35 heavy (non-hydrogen) atoms. The zero-order chi connectivity index (χ0) is 25.9. The van der Waals surface area contributed by atoms with Crippen LogP contribution in [0.3, 0.4) is 0 Å². The van der Waals surface area contributed by atoms with Crippen LogP contribution in [0, 0.1) is 13.8 Å². The average molecular weight is 517 g/mol. The zero-order valence-electron chi connectivity index (χ0n) is 20.7. The van der Waals surface area contributed by atoms with Gasteiger partial charge in [0.05, 0.1) is 23.0 Å². The molecule has 0 fully saturated rings. The first-order valence-corrected chi connectivity index (χ1v) is 14.1. The van der Waals surface area contributed by atoms with Gasteiger partial charge in [0.15, 0.2) is 0 Å². The summed E-state index contributed by atoms with van der Waals surface area (Å²) in [6.07, 6.45) is 0. The van der Waals surface area contributed by atoms with Crippen LogP contribution in [-0.2, 0) is 34.0 Å². The van der Waals surface area contributed by atoms with Crippen molar-refractivity contribution in [2.45, 2.75) is 55.7 Å². The molecule has 8 heteroatoms. The van der Waals surface area contributed by atoms with Gasteiger partial charge in [-0.2, -0.15) is 16.8 Å². The second-order valence-corrected chi connectivity index (χ2v) is 12.9. The first-order chi connectivity index (χ1) is 16.3. The van der Waals surface area contributed by atoms with Gasteiger partial charge >= 0.3 is 0 Å². The summed E-state index contributed by atoms with van der Waals surface area (Å²) in [5.41, 5.74) is 3.61. The maximum absolute atomic E-state index is 12.7. The number of rotatable bonds is 9. The van der Waals surface area contributed by atoms with Crippen LogP contribution < -0.4 is 0 Å². The van der Waals surface area contributed by atoms with Crippen molar-refractivity contribution in [2.75, 3.05) is 13.2 Å². The Morgan fingerprint density at radius 1 is 0.629 bits per heavy atom. The molecule has 0 aliphatic rings. The zero-order valence-corrected chi connectivity index (χ0v) is 22.3. The first kappa shape index (κ1) is 27.1. The van der Waals surface area contributed by atoms with E-state index in [-0.39, 0.29) is 28.4 Å². The lowest BCUT2D eigenvalue weighted by atomic mass is 9.86. The lowest BCUT2D eigenvalue weighted by molar-refractivity contribution is 0.226. The molecule has 3 aromatic carbocycles. The van der Waals surface area contributed by atoms with Gasteiger partial charge in [-0.15, -0.1) is 0 Å². The normalized spacial score (nSPS) is 12.7. The second kappa shape index (κ2) is 10.6. The molecule has 0 heterocycles. The fraction of sp³-hybridized carbons (Fsp3) is 0.333. The van der Waals surface area contributed by atoms with E-state index in [1.54, 1.807) is 24.3 Å². The van der Waals surface area contributed by atoms with Crippen molar-refractivity contribution in [2.24, 2.45) is 0 Å². The van der Waals surface area contributed by atoms with Gasteiger partial charge in [-0.1, -0.05) is 80.4 Å². The van der Waals surface area contributed by atoms with Crippen molar-refractivity contribution in [1.29, 1.82) is 0 Å². The van der Waals surface area contributed by atoms with E-state index in [2.05, 4.69) is 20.8 Å². The molecule has 0 saturated heterocycles. The molecule has 0 N–H and O–H groups in total. The summed E-state index contributed by atoms with van der Waals surface area (Å²) in [6.45, 7) is 9.46. The summed E-state index contributed by atoms with van der Waals surface area (Å²) in [7, 11) is -8.05. The van der Waals surface area contributed by atoms with Gasteiger partial charge in [0.25, 0.3) is 20.2 Å². The highest BCUT2D eigenvalue weighted by atomic mass is 32.2. The summed E-state index contributed by atoms with van der Waals surface area (Å²) in [5.74, 6) is -0.635. The molecule has 0 unspecified atom stereocenters. The fourth-order valence-electron chi connectivity index (χ4n) is 3.39. The molecule has 188 valence electrons. The van der Waals surface area contributed by atoms with Crippen LogP contribution in [0.1, 0.15) is 48.9 Å². The van der Waals surface area contributed by atoms with Gasteiger partial charge in [-0.05, 0) is 54.7 Å². The van der Waals surface area contributed by atoms with E-state index in [1.807, 2.05) is 38.1 Å². The Morgan fingerprint density at radius 3 is 1.34 bits per heavy atom. The summed E-state index contributed by atoms with van der Waals surface area (Å²) >= 11 is 0. The van der Waals surface area contributed by atoms with Crippen LogP contribution in [0.15, 0.2) is 82.6 Å². The van der Waals surface area contributed by atoms with E-state index in [1.165, 1.54) is 24.3 Å². The minimum Gasteiger partial charge on any atom is -0.266 e.